The molecule has 1 aliphatic rings. The van der Waals surface area contributed by atoms with Crippen LogP contribution in [-0.4, -0.2) is 23.3 Å². The molecule has 2 heterocycles. The number of thiazole rings is 1. The van der Waals surface area contributed by atoms with E-state index < -0.39 is 0 Å². The second kappa shape index (κ2) is 7.00. The third-order valence-corrected chi connectivity index (χ3v) is 4.89. The molecule has 0 aliphatic carbocycles. The summed E-state index contributed by atoms with van der Waals surface area (Å²) in [6.07, 6.45) is 1.16. The van der Waals surface area contributed by atoms with E-state index in [0.29, 0.717) is 12.2 Å². The Morgan fingerprint density at radius 3 is 2.71 bits per heavy atom. The van der Waals surface area contributed by atoms with Gasteiger partial charge in [0.05, 0.1) is 12.5 Å². The molecule has 1 aromatic heterocycles. The maximum Gasteiger partial charge on any atom is 0.304 e. The number of carbonyl (C=O) groups is 2. The van der Waals surface area contributed by atoms with Gasteiger partial charge < -0.3 is 15.2 Å². The number of H-pyrrole nitrogens is 1. The first-order valence-corrected chi connectivity index (χ1v) is 8.78. The minimum Gasteiger partial charge on any atom is -0.350 e. The zero-order chi connectivity index (χ0) is 17.1. The highest BCUT2D eigenvalue weighted by Crippen LogP contribution is 2.25. The van der Waals surface area contributed by atoms with Crippen molar-refractivity contribution in [2.24, 2.45) is 5.92 Å². The van der Waals surface area contributed by atoms with E-state index in [2.05, 4.69) is 17.2 Å². The van der Waals surface area contributed by atoms with Gasteiger partial charge in [0, 0.05) is 29.7 Å². The normalized spacial score (nSPS) is 17.3. The molecule has 24 heavy (non-hydrogen) atoms. The Bertz CT molecular complexity index is 794. The number of aromatic amines is 1. The number of carbonyl (C=O) groups excluding carboxylic acids is 2. The Labute approximate surface area is 143 Å². The molecule has 1 aromatic carbocycles. The van der Waals surface area contributed by atoms with Crippen molar-refractivity contribution in [3.63, 3.8) is 0 Å². The number of anilines is 1. The van der Waals surface area contributed by atoms with Gasteiger partial charge in [0.1, 0.15) is 0 Å². The molecule has 1 unspecified atom stereocenters. The number of hydrogen-bond acceptors (Lipinski definition) is 4. The highest BCUT2D eigenvalue weighted by atomic mass is 32.1. The minimum atomic E-state index is -0.367. The number of benzene rings is 1. The predicted octanol–water partition coefficient (Wildman–Crippen LogP) is 1.67. The number of nitrogens with zero attached hydrogens (tertiary/aromatic N) is 1. The van der Waals surface area contributed by atoms with E-state index in [1.807, 2.05) is 24.3 Å². The molecule has 7 heteroatoms. The van der Waals surface area contributed by atoms with Crippen LogP contribution in [0.15, 0.2) is 34.4 Å². The first kappa shape index (κ1) is 16.4. The van der Waals surface area contributed by atoms with Crippen LogP contribution in [0.1, 0.15) is 24.6 Å². The number of rotatable bonds is 5. The molecule has 2 aromatic rings. The summed E-state index contributed by atoms with van der Waals surface area (Å²) in [5, 5.41) is 4.47. The van der Waals surface area contributed by atoms with Gasteiger partial charge in [-0.3, -0.25) is 14.4 Å². The van der Waals surface area contributed by atoms with Gasteiger partial charge in [-0.1, -0.05) is 30.4 Å². The van der Waals surface area contributed by atoms with E-state index in [1.165, 1.54) is 5.56 Å². The first-order chi connectivity index (χ1) is 11.6. The number of aryl methyl sites for hydroxylation is 1. The van der Waals surface area contributed by atoms with E-state index in [-0.39, 0.29) is 35.6 Å². The Hall–Kier alpha value is -2.41. The summed E-state index contributed by atoms with van der Waals surface area (Å²) >= 11 is 1.06. The fraction of sp³-hybridized carbons (Fsp3) is 0.353. The van der Waals surface area contributed by atoms with Gasteiger partial charge in [-0.2, -0.15) is 0 Å². The van der Waals surface area contributed by atoms with Crippen molar-refractivity contribution < 1.29 is 9.59 Å². The second-order valence-electron chi connectivity index (χ2n) is 5.82. The van der Waals surface area contributed by atoms with Crippen LogP contribution in [0, 0.1) is 5.92 Å². The van der Waals surface area contributed by atoms with Crippen LogP contribution in [0.4, 0.5) is 5.69 Å². The lowest BCUT2D eigenvalue weighted by Crippen LogP contribution is -2.32. The van der Waals surface area contributed by atoms with Crippen LogP contribution >= 0.6 is 11.3 Å². The molecule has 126 valence electrons. The fourth-order valence-corrected chi connectivity index (χ4v) is 3.35. The lowest BCUT2D eigenvalue weighted by Gasteiger charge is -2.17. The van der Waals surface area contributed by atoms with Gasteiger partial charge >= 0.3 is 4.87 Å². The van der Waals surface area contributed by atoms with Crippen LogP contribution in [0.2, 0.25) is 0 Å². The van der Waals surface area contributed by atoms with Crippen LogP contribution < -0.4 is 15.1 Å². The van der Waals surface area contributed by atoms with E-state index in [0.717, 1.165) is 23.4 Å². The largest absolute Gasteiger partial charge is 0.350 e. The van der Waals surface area contributed by atoms with Gasteiger partial charge in [0.2, 0.25) is 11.8 Å². The van der Waals surface area contributed by atoms with E-state index in [9.17, 15) is 14.4 Å². The van der Waals surface area contributed by atoms with Crippen molar-refractivity contribution in [2.75, 3.05) is 11.4 Å². The van der Waals surface area contributed by atoms with E-state index >= 15 is 0 Å². The molecule has 3 rings (SSSR count). The monoisotopic (exact) mass is 345 g/mol. The van der Waals surface area contributed by atoms with Gasteiger partial charge in [-0.15, -0.1) is 0 Å². The summed E-state index contributed by atoms with van der Waals surface area (Å²) in [6.45, 7) is 2.74. The molecule has 1 fully saturated rings. The molecule has 1 saturated heterocycles. The van der Waals surface area contributed by atoms with Gasteiger partial charge in [0.15, 0.2) is 0 Å². The van der Waals surface area contributed by atoms with Crippen molar-refractivity contribution >= 4 is 28.8 Å². The first-order valence-electron chi connectivity index (χ1n) is 7.90. The lowest BCUT2D eigenvalue weighted by molar-refractivity contribution is -0.126. The molecule has 0 spiro atoms. The number of nitrogens with one attached hydrogen (secondary N) is 2. The summed E-state index contributed by atoms with van der Waals surface area (Å²) in [6, 6.07) is 7.85. The van der Waals surface area contributed by atoms with Crippen LogP contribution in [0.25, 0.3) is 0 Å². The zero-order valence-electron chi connectivity index (χ0n) is 13.4. The highest BCUT2D eigenvalue weighted by molar-refractivity contribution is 7.07. The van der Waals surface area contributed by atoms with Gasteiger partial charge in [-0.25, -0.2) is 0 Å². The zero-order valence-corrected chi connectivity index (χ0v) is 14.2. The van der Waals surface area contributed by atoms with Crippen LogP contribution in [0.3, 0.4) is 0 Å². The van der Waals surface area contributed by atoms with Crippen molar-refractivity contribution in [1.82, 2.24) is 10.3 Å². The smallest absolute Gasteiger partial charge is 0.304 e. The fourth-order valence-electron chi connectivity index (χ4n) is 2.77. The average molecular weight is 345 g/mol. The summed E-state index contributed by atoms with van der Waals surface area (Å²) < 4.78 is 0. The minimum absolute atomic E-state index is 0.0386. The molecule has 2 N–H and O–H groups in total. The second-order valence-corrected chi connectivity index (χ2v) is 6.66. The highest BCUT2D eigenvalue weighted by Gasteiger charge is 2.34. The molecule has 6 nitrogen and oxygen atoms in total. The predicted molar refractivity (Wildman–Crippen MR) is 93.1 cm³/mol. The van der Waals surface area contributed by atoms with Crippen LogP contribution in [0.5, 0.6) is 0 Å². The quantitative estimate of drug-likeness (QED) is 0.865. The summed E-state index contributed by atoms with van der Waals surface area (Å²) in [5.74, 6) is -0.569. The number of aromatic nitrogens is 1. The van der Waals surface area contributed by atoms with E-state index in [4.69, 9.17) is 0 Å². The number of amides is 2. The molecule has 0 radical (unpaired) electrons. The molecular formula is C17H19N3O3S. The lowest BCUT2D eigenvalue weighted by atomic mass is 10.1. The van der Waals surface area contributed by atoms with Gasteiger partial charge in [0.25, 0.3) is 0 Å². The standard InChI is InChI=1S/C17H19N3O3S/c1-2-11-3-5-14(6-4-11)20-9-12(7-15(20)21)16(22)18-8-13-10-24-17(23)19-13/h3-6,10,12H,2,7-9H2,1H3,(H,18,22)(H,19,23). The summed E-state index contributed by atoms with van der Waals surface area (Å²) in [5.41, 5.74) is 2.72. The Morgan fingerprint density at radius 1 is 1.33 bits per heavy atom. The maximum atomic E-state index is 12.3. The van der Waals surface area contributed by atoms with E-state index in [1.54, 1.807) is 10.3 Å². The third kappa shape index (κ3) is 3.56. The average Bonchev–Trinajstić information content (AvgIpc) is 3.18. The number of hydrogen-bond donors (Lipinski definition) is 2. The Balaban J connectivity index is 1.60. The maximum absolute atomic E-state index is 12.3. The van der Waals surface area contributed by atoms with Crippen molar-refractivity contribution in [1.29, 1.82) is 0 Å². The molecule has 1 aliphatic heterocycles. The van der Waals surface area contributed by atoms with Crippen molar-refractivity contribution in [3.8, 4) is 0 Å². The van der Waals surface area contributed by atoms with Crippen LogP contribution in [-0.2, 0) is 22.6 Å². The summed E-state index contributed by atoms with van der Waals surface area (Å²) in [7, 11) is 0. The Kier molecular flexibility index (Phi) is 4.80. The van der Waals surface area contributed by atoms with Crippen molar-refractivity contribution in [3.05, 3.63) is 50.6 Å². The summed E-state index contributed by atoms with van der Waals surface area (Å²) in [4.78, 5) is 39.7. The van der Waals surface area contributed by atoms with Crippen molar-refractivity contribution in [2.45, 2.75) is 26.3 Å². The van der Waals surface area contributed by atoms with Gasteiger partial charge in [-0.05, 0) is 24.1 Å². The third-order valence-electron chi connectivity index (χ3n) is 4.18. The SMILES string of the molecule is CCc1ccc(N2CC(C(=O)NCc3csc(=O)[nH]3)CC2=O)cc1. The molecule has 0 saturated carbocycles. The molecule has 2 amide bonds. The molecule has 0 bridgehead atoms. The Morgan fingerprint density at radius 2 is 2.08 bits per heavy atom. The topological polar surface area (TPSA) is 82.3 Å². The molecule has 1 atom stereocenters. The molecular weight excluding hydrogens is 326 g/mol.